The first kappa shape index (κ1) is 20.0. The second kappa shape index (κ2) is 9.13. The molecule has 0 spiro atoms. The third kappa shape index (κ3) is 15.2. The molecule has 0 bridgehead atoms. The highest BCUT2D eigenvalue weighted by atomic mass is 32.2. The maximum atomic E-state index is 10.5. The molecular weight excluding hydrogens is 320 g/mol. The Hall–Kier alpha value is -0.970. The molecule has 0 aromatic carbocycles. The van der Waals surface area contributed by atoms with Crippen LogP contribution in [0, 0.1) is 0 Å². The van der Waals surface area contributed by atoms with Crippen LogP contribution in [0.25, 0.3) is 0 Å². The Morgan fingerprint density at radius 1 is 1.24 bits per heavy atom. The van der Waals surface area contributed by atoms with E-state index < -0.39 is 20.2 Å². The van der Waals surface area contributed by atoms with Crippen LogP contribution >= 0.6 is 0 Å². The molecule has 0 atom stereocenters. The highest BCUT2D eigenvalue weighted by Crippen LogP contribution is 1.94. The SMILES string of the molecule is CCCCn1cc[n+](CCCS(=O)(=O)O)c1.CS(=O)(=O)[O-]. The van der Waals surface area contributed by atoms with Gasteiger partial charge >= 0.3 is 0 Å². The van der Waals surface area contributed by atoms with Crippen molar-refractivity contribution in [3.63, 3.8) is 0 Å². The third-order valence-electron chi connectivity index (χ3n) is 2.33. The molecule has 0 amide bonds. The van der Waals surface area contributed by atoms with Crippen LogP contribution in [-0.2, 0) is 33.3 Å². The van der Waals surface area contributed by atoms with Crippen molar-refractivity contribution in [2.45, 2.75) is 39.3 Å². The predicted molar refractivity (Wildman–Crippen MR) is 76.2 cm³/mol. The second-order valence-corrected chi connectivity index (χ2v) is 7.57. The number of rotatable bonds is 7. The molecule has 0 aliphatic carbocycles. The smallest absolute Gasteiger partial charge is 0.265 e. The van der Waals surface area contributed by atoms with Gasteiger partial charge in [0.1, 0.15) is 12.4 Å². The zero-order valence-electron chi connectivity index (χ0n) is 12.2. The van der Waals surface area contributed by atoms with Crippen molar-refractivity contribution in [3.05, 3.63) is 18.7 Å². The molecule has 1 aromatic heterocycles. The van der Waals surface area contributed by atoms with Crippen LogP contribution in [0.3, 0.4) is 0 Å². The molecule has 124 valence electrons. The van der Waals surface area contributed by atoms with Gasteiger partial charge in [0.15, 0.2) is 0 Å². The second-order valence-electron chi connectivity index (χ2n) is 4.59. The maximum absolute atomic E-state index is 10.5. The van der Waals surface area contributed by atoms with Crippen molar-refractivity contribution >= 4 is 20.2 Å². The fraction of sp³-hybridized carbons (Fsp3) is 0.727. The molecule has 0 radical (unpaired) electrons. The Morgan fingerprint density at radius 2 is 1.81 bits per heavy atom. The molecule has 0 aliphatic heterocycles. The van der Waals surface area contributed by atoms with Gasteiger partial charge in [0.25, 0.3) is 10.1 Å². The van der Waals surface area contributed by atoms with Crippen LogP contribution in [0.15, 0.2) is 18.7 Å². The van der Waals surface area contributed by atoms with Crippen LogP contribution < -0.4 is 4.57 Å². The first-order chi connectivity index (χ1) is 9.51. The summed E-state index contributed by atoms with van der Waals surface area (Å²) in [7, 11) is -7.74. The minimum Gasteiger partial charge on any atom is -0.748 e. The first-order valence-corrected chi connectivity index (χ1v) is 9.84. The lowest BCUT2D eigenvalue weighted by Crippen LogP contribution is -2.32. The number of aromatic nitrogens is 2. The quantitative estimate of drug-likeness (QED) is 0.550. The van der Waals surface area contributed by atoms with Crippen LogP contribution in [0.2, 0.25) is 0 Å². The summed E-state index contributed by atoms with van der Waals surface area (Å²) in [6.07, 6.45) is 9.18. The van der Waals surface area contributed by atoms with Crippen LogP contribution in [0.4, 0.5) is 0 Å². The molecule has 1 N–H and O–H groups in total. The highest BCUT2D eigenvalue weighted by Gasteiger charge is 2.07. The Morgan fingerprint density at radius 3 is 2.29 bits per heavy atom. The van der Waals surface area contributed by atoms with Gasteiger partial charge in [-0.15, -0.1) is 0 Å². The zero-order chi connectivity index (χ0) is 16.5. The number of hydrogen-bond acceptors (Lipinski definition) is 5. The Labute approximate surface area is 125 Å². The van der Waals surface area contributed by atoms with E-state index in [9.17, 15) is 8.42 Å². The molecule has 0 saturated heterocycles. The summed E-state index contributed by atoms with van der Waals surface area (Å²) in [6.45, 7) is 3.74. The third-order valence-corrected chi connectivity index (χ3v) is 3.14. The number of nitrogens with zero attached hydrogens (tertiary/aromatic N) is 2. The van der Waals surface area contributed by atoms with Gasteiger partial charge < -0.3 is 4.55 Å². The fourth-order valence-electron chi connectivity index (χ4n) is 1.47. The minimum atomic E-state index is -3.92. The van der Waals surface area contributed by atoms with E-state index in [-0.39, 0.29) is 5.75 Å². The first-order valence-electron chi connectivity index (χ1n) is 6.42. The lowest BCUT2D eigenvalue weighted by atomic mass is 10.3. The van der Waals surface area contributed by atoms with Gasteiger partial charge in [-0.05, 0) is 6.42 Å². The van der Waals surface area contributed by atoms with Gasteiger partial charge in [0.2, 0.25) is 6.33 Å². The van der Waals surface area contributed by atoms with E-state index in [2.05, 4.69) is 11.5 Å². The van der Waals surface area contributed by atoms with Crippen molar-refractivity contribution in [1.82, 2.24) is 4.57 Å². The van der Waals surface area contributed by atoms with E-state index in [1.165, 1.54) is 0 Å². The van der Waals surface area contributed by atoms with Crippen molar-refractivity contribution in [2.24, 2.45) is 0 Å². The molecule has 10 heteroatoms. The molecule has 21 heavy (non-hydrogen) atoms. The van der Waals surface area contributed by atoms with Crippen molar-refractivity contribution in [2.75, 3.05) is 12.0 Å². The lowest BCUT2D eigenvalue weighted by Gasteiger charge is -1.95. The topological polar surface area (TPSA) is 120 Å². The zero-order valence-corrected chi connectivity index (χ0v) is 13.8. The minimum absolute atomic E-state index is 0.180. The Balaban J connectivity index is 0.000000690. The van der Waals surface area contributed by atoms with E-state index in [1.807, 2.05) is 23.3 Å². The van der Waals surface area contributed by atoms with Gasteiger partial charge in [-0.25, -0.2) is 17.6 Å². The number of aryl methyl sites for hydroxylation is 2. The van der Waals surface area contributed by atoms with Gasteiger partial charge in [-0.3, -0.25) is 4.55 Å². The molecule has 0 saturated carbocycles. The van der Waals surface area contributed by atoms with Crippen LogP contribution in [-0.4, -0.2) is 42.5 Å². The number of imidazole rings is 1. The average Bonchev–Trinajstić information content (AvgIpc) is 2.70. The summed E-state index contributed by atoms with van der Waals surface area (Å²) in [6, 6.07) is 0. The standard InChI is InChI=1S/C10H18N2O3S.CH4O3S/c1-2-3-5-11-7-8-12(10-11)6-4-9-16(13,14)15;1-5(2,3)4/h7-8,10H,2-6,9H2,1H3;1H3,(H,2,3,4). The normalized spacial score (nSPS) is 11.8. The van der Waals surface area contributed by atoms with Crippen LogP contribution in [0.5, 0.6) is 0 Å². The van der Waals surface area contributed by atoms with Crippen molar-refractivity contribution < 1.29 is 30.5 Å². The van der Waals surface area contributed by atoms with Crippen molar-refractivity contribution in [3.8, 4) is 0 Å². The molecular formula is C11H22N2O6S2. The summed E-state index contributed by atoms with van der Waals surface area (Å²) >= 11 is 0. The van der Waals surface area contributed by atoms with E-state index in [0.29, 0.717) is 19.2 Å². The highest BCUT2D eigenvalue weighted by molar-refractivity contribution is 7.85. The van der Waals surface area contributed by atoms with Gasteiger partial charge in [-0.1, -0.05) is 13.3 Å². The molecule has 1 rings (SSSR count). The summed E-state index contributed by atoms with van der Waals surface area (Å²) in [4.78, 5) is 0. The summed E-state index contributed by atoms with van der Waals surface area (Å²) < 4.78 is 60.8. The van der Waals surface area contributed by atoms with Crippen molar-refractivity contribution in [1.29, 1.82) is 0 Å². The van der Waals surface area contributed by atoms with E-state index in [1.54, 1.807) is 0 Å². The average molecular weight is 342 g/mol. The molecule has 8 nitrogen and oxygen atoms in total. The summed E-state index contributed by atoms with van der Waals surface area (Å²) in [5.41, 5.74) is 0. The number of unbranched alkanes of at least 4 members (excludes halogenated alkanes) is 1. The van der Waals surface area contributed by atoms with E-state index >= 15 is 0 Å². The van der Waals surface area contributed by atoms with Gasteiger partial charge in [0, 0.05) is 12.7 Å². The maximum Gasteiger partial charge on any atom is 0.265 e. The molecule has 0 aliphatic rings. The van der Waals surface area contributed by atoms with E-state index in [4.69, 9.17) is 17.5 Å². The summed E-state index contributed by atoms with van der Waals surface area (Å²) in [5.74, 6) is -0.180. The Kier molecular flexibility index (Phi) is 8.71. The lowest BCUT2D eigenvalue weighted by molar-refractivity contribution is -0.696. The van der Waals surface area contributed by atoms with Gasteiger partial charge in [0.05, 0.1) is 29.0 Å². The fourth-order valence-corrected chi connectivity index (χ4v) is 1.97. The number of hydrogen-bond donors (Lipinski definition) is 1. The molecule has 0 unspecified atom stereocenters. The largest absolute Gasteiger partial charge is 0.748 e. The molecule has 1 heterocycles. The molecule has 0 fully saturated rings. The summed E-state index contributed by atoms with van der Waals surface area (Å²) in [5, 5.41) is 0. The molecule has 1 aromatic rings. The van der Waals surface area contributed by atoms with Crippen LogP contribution in [0.1, 0.15) is 26.2 Å². The predicted octanol–water partition coefficient (Wildman–Crippen LogP) is 0.0150. The van der Waals surface area contributed by atoms with Gasteiger partial charge in [-0.2, -0.15) is 8.42 Å². The monoisotopic (exact) mass is 342 g/mol. The van der Waals surface area contributed by atoms with E-state index in [0.717, 1.165) is 19.4 Å². The Bertz CT molecular complexity index is 598.